The SMILES string of the molecule is CC(C(=O)OC(C)C)=C(C(C)C)C(C)N. The molecule has 0 aliphatic heterocycles. The second-order valence-corrected chi connectivity index (χ2v) is 4.48. The van der Waals surface area contributed by atoms with Crippen LogP contribution in [-0.2, 0) is 9.53 Å². The molecule has 0 aromatic rings. The van der Waals surface area contributed by atoms with E-state index in [9.17, 15) is 4.79 Å². The van der Waals surface area contributed by atoms with Crippen molar-refractivity contribution in [3.63, 3.8) is 0 Å². The molecular formula is C12H23NO2. The Hall–Kier alpha value is -0.830. The highest BCUT2D eigenvalue weighted by Gasteiger charge is 2.18. The summed E-state index contributed by atoms with van der Waals surface area (Å²) in [5.74, 6) is 0.00992. The third-order valence-corrected chi connectivity index (χ3v) is 2.19. The lowest BCUT2D eigenvalue weighted by Crippen LogP contribution is -2.25. The maximum absolute atomic E-state index is 11.7. The number of rotatable bonds is 4. The molecule has 0 radical (unpaired) electrons. The van der Waals surface area contributed by atoms with E-state index in [2.05, 4.69) is 0 Å². The molecule has 0 bridgehead atoms. The van der Waals surface area contributed by atoms with Gasteiger partial charge in [0.25, 0.3) is 0 Å². The molecule has 3 nitrogen and oxygen atoms in total. The van der Waals surface area contributed by atoms with E-state index < -0.39 is 0 Å². The van der Waals surface area contributed by atoms with Gasteiger partial charge in [0.15, 0.2) is 0 Å². The third-order valence-electron chi connectivity index (χ3n) is 2.19. The fourth-order valence-electron chi connectivity index (χ4n) is 1.72. The summed E-state index contributed by atoms with van der Waals surface area (Å²) >= 11 is 0. The molecule has 0 aliphatic rings. The lowest BCUT2D eigenvalue weighted by Gasteiger charge is -2.19. The first-order valence-electron chi connectivity index (χ1n) is 5.44. The van der Waals surface area contributed by atoms with E-state index in [0.717, 1.165) is 5.57 Å². The predicted octanol–water partition coefficient (Wildman–Crippen LogP) is 2.26. The number of ether oxygens (including phenoxy) is 1. The van der Waals surface area contributed by atoms with Crippen LogP contribution < -0.4 is 5.73 Å². The van der Waals surface area contributed by atoms with E-state index in [1.165, 1.54) is 0 Å². The van der Waals surface area contributed by atoms with Crippen LogP contribution in [0.3, 0.4) is 0 Å². The highest BCUT2D eigenvalue weighted by atomic mass is 16.5. The molecule has 0 saturated heterocycles. The van der Waals surface area contributed by atoms with E-state index in [4.69, 9.17) is 10.5 Å². The monoisotopic (exact) mass is 213 g/mol. The summed E-state index contributed by atoms with van der Waals surface area (Å²) in [5.41, 5.74) is 7.46. The Kier molecular flexibility index (Phi) is 5.58. The Balaban J connectivity index is 4.93. The minimum absolute atomic E-state index is 0.0889. The van der Waals surface area contributed by atoms with Crippen molar-refractivity contribution in [2.45, 2.75) is 53.7 Å². The standard InChI is InChI=1S/C12H23NO2/c1-7(2)11(10(6)13)9(5)12(14)15-8(3)4/h7-8,10H,13H2,1-6H3. The number of hydrogen-bond donors (Lipinski definition) is 1. The van der Waals surface area contributed by atoms with Crippen molar-refractivity contribution in [1.82, 2.24) is 0 Å². The lowest BCUT2D eigenvalue weighted by atomic mass is 9.92. The summed E-state index contributed by atoms with van der Waals surface area (Å²) in [7, 11) is 0. The van der Waals surface area contributed by atoms with Crippen LogP contribution in [0.1, 0.15) is 41.5 Å². The number of nitrogens with two attached hydrogens (primary N) is 1. The zero-order chi connectivity index (χ0) is 12.2. The number of carbonyl (C=O) groups is 1. The van der Waals surface area contributed by atoms with E-state index in [-0.39, 0.29) is 24.0 Å². The van der Waals surface area contributed by atoms with Crippen molar-refractivity contribution in [2.24, 2.45) is 11.7 Å². The average Bonchev–Trinajstić information content (AvgIpc) is 2.00. The maximum atomic E-state index is 11.7. The molecule has 0 aromatic heterocycles. The first-order chi connectivity index (χ1) is 6.77. The first-order valence-corrected chi connectivity index (χ1v) is 5.44. The van der Waals surface area contributed by atoms with Crippen LogP contribution in [0.25, 0.3) is 0 Å². The molecule has 15 heavy (non-hydrogen) atoms. The van der Waals surface area contributed by atoms with E-state index in [0.29, 0.717) is 5.57 Å². The fourth-order valence-corrected chi connectivity index (χ4v) is 1.72. The summed E-state index contributed by atoms with van der Waals surface area (Å²) in [4.78, 5) is 11.7. The summed E-state index contributed by atoms with van der Waals surface area (Å²) < 4.78 is 5.14. The van der Waals surface area contributed by atoms with Gasteiger partial charge in [-0.05, 0) is 39.2 Å². The molecule has 1 unspecified atom stereocenters. The van der Waals surface area contributed by atoms with Crippen LogP contribution in [0.4, 0.5) is 0 Å². The van der Waals surface area contributed by atoms with Gasteiger partial charge in [-0.2, -0.15) is 0 Å². The van der Waals surface area contributed by atoms with Crippen LogP contribution in [-0.4, -0.2) is 18.1 Å². The Morgan fingerprint density at radius 3 is 1.87 bits per heavy atom. The van der Waals surface area contributed by atoms with E-state index in [1.54, 1.807) is 6.92 Å². The molecule has 3 heteroatoms. The summed E-state index contributed by atoms with van der Waals surface area (Å²) in [6.07, 6.45) is -0.0889. The van der Waals surface area contributed by atoms with Gasteiger partial charge >= 0.3 is 5.97 Å². The van der Waals surface area contributed by atoms with Crippen LogP contribution in [0.15, 0.2) is 11.1 Å². The van der Waals surface area contributed by atoms with Crippen LogP contribution in [0.5, 0.6) is 0 Å². The van der Waals surface area contributed by atoms with Gasteiger partial charge in [-0.25, -0.2) is 4.79 Å². The van der Waals surface area contributed by atoms with Gasteiger partial charge in [-0.3, -0.25) is 0 Å². The number of hydrogen-bond acceptors (Lipinski definition) is 3. The van der Waals surface area contributed by atoms with Gasteiger partial charge in [0.2, 0.25) is 0 Å². The molecule has 88 valence electrons. The molecule has 0 aromatic carbocycles. The molecule has 0 spiro atoms. The average molecular weight is 213 g/mol. The van der Waals surface area contributed by atoms with Gasteiger partial charge < -0.3 is 10.5 Å². The second kappa shape index (κ2) is 5.91. The van der Waals surface area contributed by atoms with Gasteiger partial charge in [-0.15, -0.1) is 0 Å². The molecule has 1 atom stereocenters. The highest BCUT2D eigenvalue weighted by molar-refractivity contribution is 5.89. The first kappa shape index (κ1) is 14.2. The topological polar surface area (TPSA) is 52.3 Å². The molecule has 2 N–H and O–H groups in total. The van der Waals surface area contributed by atoms with E-state index >= 15 is 0 Å². The molecule has 0 amide bonds. The largest absolute Gasteiger partial charge is 0.460 e. The Labute approximate surface area is 92.7 Å². The third kappa shape index (κ3) is 4.47. The second-order valence-electron chi connectivity index (χ2n) is 4.48. The van der Waals surface area contributed by atoms with Gasteiger partial charge in [-0.1, -0.05) is 13.8 Å². The lowest BCUT2D eigenvalue weighted by molar-refractivity contribution is -0.142. The molecular weight excluding hydrogens is 190 g/mol. The zero-order valence-electron chi connectivity index (χ0n) is 10.6. The maximum Gasteiger partial charge on any atom is 0.333 e. The molecule has 0 saturated carbocycles. The van der Waals surface area contributed by atoms with Gasteiger partial charge in [0.1, 0.15) is 0 Å². The van der Waals surface area contributed by atoms with Gasteiger partial charge in [0.05, 0.1) is 6.10 Å². The zero-order valence-corrected chi connectivity index (χ0v) is 10.6. The van der Waals surface area contributed by atoms with Crippen molar-refractivity contribution < 1.29 is 9.53 Å². The Morgan fingerprint density at radius 1 is 1.13 bits per heavy atom. The molecule has 0 fully saturated rings. The van der Waals surface area contributed by atoms with E-state index in [1.807, 2.05) is 34.6 Å². The van der Waals surface area contributed by atoms with Crippen LogP contribution in [0, 0.1) is 5.92 Å². The minimum atomic E-state index is -0.258. The van der Waals surface area contributed by atoms with Crippen molar-refractivity contribution in [3.05, 3.63) is 11.1 Å². The Bertz CT molecular complexity index is 242. The molecule has 0 aliphatic carbocycles. The minimum Gasteiger partial charge on any atom is -0.460 e. The van der Waals surface area contributed by atoms with Crippen molar-refractivity contribution in [3.8, 4) is 0 Å². The predicted molar refractivity (Wildman–Crippen MR) is 62.4 cm³/mol. The van der Waals surface area contributed by atoms with Crippen molar-refractivity contribution in [2.75, 3.05) is 0 Å². The smallest absolute Gasteiger partial charge is 0.333 e. The van der Waals surface area contributed by atoms with Crippen molar-refractivity contribution >= 4 is 5.97 Å². The summed E-state index contributed by atoms with van der Waals surface area (Å²) in [5, 5.41) is 0. The molecule has 0 heterocycles. The molecule has 0 rings (SSSR count). The normalized spacial score (nSPS) is 15.3. The fraction of sp³-hybridized carbons (Fsp3) is 0.750. The summed E-state index contributed by atoms with van der Waals surface area (Å²) in [6.45, 7) is 11.4. The number of esters is 1. The number of carbonyl (C=O) groups excluding carboxylic acids is 1. The van der Waals surface area contributed by atoms with Crippen LogP contribution >= 0.6 is 0 Å². The Morgan fingerprint density at radius 2 is 1.60 bits per heavy atom. The highest BCUT2D eigenvalue weighted by Crippen LogP contribution is 2.19. The van der Waals surface area contributed by atoms with Gasteiger partial charge in [0, 0.05) is 11.6 Å². The van der Waals surface area contributed by atoms with Crippen molar-refractivity contribution in [1.29, 1.82) is 0 Å². The quantitative estimate of drug-likeness (QED) is 0.575. The summed E-state index contributed by atoms with van der Waals surface area (Å²) in [6, 6.07) is -0.107. The van der Waals surface area contributed by atoms with Crippen LogP contribution in [0.2, 0.25) is 0 Å².